The van der Waals surface area contributed by atoms with Gasteiger partial charge in [-0.1, -0.05) is 118 Å². The fourth-order valence-electron chi connectivity index (χ4n) is 5.48. The van der Waals surface area contributed by atoms with E-state index in [1.54, 1.807) is 36.4 Å². The largest absolute Gasteiger partial charge is 0.507 e. The van der Waals surface area contributed by atoms with Crippen molar-refractivity contribution in [3.63, 3.8) is 0 Å². The third kappa shape index (κ3) is 9.52. The predicted octanol–water partition coefficient (Wildman–Crippen LogP) is 9.26. The zero-order valence-corrected chi connectivity index (χ0v) is 25.7. The van der Waals surface area contributed by atoms with Gasteiger partial charge in [-0.05, 0) is 36.2 Å². The lowest BCUT2D eigenvalue weighted by atomic mass is 9.95. The van der Waals surface area contributed by atoms with Gasteiger partial charge in [0.2, 0.25) is 0 Å². The maximum absolute atomic E-state index is 13.2. The minimum absolute atomic E-state index is 0.0107. The van der Waals surface area contributed by atoms with E-state index in [1.165, 1.54) is 81.2 Å². The van der Waals surface area contributed by atoms with Crippen LogP contribution in [-0.4, -0.2) is 33.2 Å². The van der Waals surface area contributed by atoms with Crippen molar-refractivity contribution in [2.75, 3.05) is 6.54 Å². The molecule has 1 fully saturated rings. The first-order valence-electron chi connectivity index (χ1n) is 15.1. The molecule has 0 saturated carbocycles. The summed E-state index contributed by atoms with van der Waals surface area (Å²) in [6.45, 7) is 2.62. The number of nitro benzene ring substituents is 1. The molecule has 0 aliphatic carbocycles. The Hall–Kier alpha value is -3.00. The van der Waals surface area contributed by atoms with E-state index in [0.29, 0.717) is 17.7 Å². The van der Waals surface area contributed by atoms with Gasteiger partial charge in [-0.2, -0.15) is 0 Å². The third-order valence-electron chi connectivity index (χ3n) is 7.83. The van der Waals surface area contributed by atoms with E-state index in [0.717, 1.165) is 30.2 Å². The molecule has 222 valence electrons. The van der Waals surface area contributed by atoms with E-state index in [-0.39, 0.29) is 17.0 Å². The lowest BCUT2D eigenvalue weighted by molar-refractivity contribution is -0.384. The molecule has 8 heteroatoms. The van der Waals surface area contributed by atoms with E-state index in [4.69, 9.17) is 0 Å². The lowest BCUT2D eigenvalue weighted by Crippen LogP contribution is -2.30. The van der Waals surface area contributed by atoms with Crippen molar-refractivity contribution in [3.05, 3.63) is 79.8 Å². The number of nitrogens with zero attached hydrogens (tertiary/aromatic N) is 2. The molecule has 0 bridgehead atoms. The number of hydrogen-bond donors (Lipinski definition) is 1. The Labute approximate surface area is 252 Å². The molecular formula is C33H43BrN2O5. The highest BCUT2D eigenvalue weighted by Gasteiger charge is 2.45. The van der Waals surface area contributed by atoms with Crippen LogP contribution in [0.3, 0.4) is 0 Å². The molecule has 7 nitrogen and oxygen atoms in total. The Morgan fingerprint density at radius 1 is 0.805 bits per heavy atom. The molecule has 3 rings (SSSR count). The van der Waals surface area contributed by atoms with Crippen molar-refractivity contribution in [2.45, 2.75) is 103 Å². The molecule has 1 aliphatic heterocycles. The molecule has 1 saturated heterocycles. The number of carbonyl (C=O) groups is 2. The number of non-ortho nitro benzene ring substituents is 1. The molecule has 1 amide bonds. The first-order chi connectivity index (χ1) is 19.8. The maximum atomic E-state index is 13.2. The fourth-order valence-corrected chi connectivity index (χ4v) is 5.74. The number of benzene rings is 2. The summed E-state index contributed by atoms with van der Waals surface area (Å²) in [6, 6.07) is 11.9. The average molecular weight is 628 g/mol. The highest BCUT2D eigenvalue weighted by atomic mass is 79.9. The lowest BCUT2D eigenvalue weighted by Gasteiger charge is -2.25. The first kappa shape index (κ1) is 32.5. The van der Waals surface area contributed by atoms with Crippen molar-refractivity contribution >= 4 is 39.1 Å². The van der Waals surface area contributed by atoms with Gasteiger partial charge in [0.05, 0.1) is 16.5 Å². The number of unbranched alkanes of at least 4 members (excludes halogenated alkanes) is 13. The number of amides is 1. The van der Waals surface area contributed by atoms with E-state index in [9.17, 15) is 24.8 Å². The standard InChI is InChI=1S/C33H43BrN2O5/c1-2-3-4-5-6-7-8-9-10-11-12-13-14-15-24-35-30(25-18-22-28(23-19-25)36(40)41)29(32(38)33(35)39)31(37)26-16-20-27(34)21-17-26/h16-23,30,37H,2-15,24H2,1H3. The molecule has 2 aromatic carbocycles. The topological polar surface area (TPSA) is 101 Å². The molecule has 1 atom stereocenters. The molecule has 2 aromatic rings. The van der Waals surface area contributed by atoms with Gasteiger partial charge in [0.15, 0.2) is 0 Å². The van der Waals surface area contributed by atoms with Gasteiger partial charge in [-0.25, -0.2) is 0 Å². The second-order valence-corrected chi connectivity index (χ2v) is 11.9. The molecule has 1 N–H and O–H groups in total. The van der Waals surface area contributed by atoms with Crippen LogP contribution in [0.5, 0.6) is 0 Å². The number of aliphatic hydroxyl groups excluding tert-OH is 1. The Morgan fingerprint density at radius 3 is 1.78 bits per heavy atom. The van der Waals surface area contributed by atoms with Crippen LogP contribution >= 0.6 is 15.9 Å². The van der Waals surface area contributed by atoms with Gasteiger partial charge < -0.3 is 10.0 Å². The van der Waals surface area contributed by atoms with Gasteiger partial charge in [0, 0.05) is 28.7 Å². The smallest absolute Gasteiger partial charge is 0.295 e. The fraction of sp³-hybridized carbons (Fsp3) is 0.515. The Bertz CT molecular complexity index is 1180. The number of rotatable bonds is 18. The molecule has 0 aromatic heterocycles. The molecule has 41 heavy (non-hydrogen) atoms. The van der Waals surface area contributed by atoms with Crippen molar-refractivity contribution in [1.29, 1.82) is 0 Å². The van der Waals surface area contributed by atoms with Gasteiger partial charge in [0.1, 0.15) is 5.76 Å². The number of halogens is 1. The second kappa shape index (κ2) is 17.1. The van der Waals surface area contributed by atoms with Crippen molar-refractivity contribution in [1.82, 2.24) is 4.90 Å². The summed E-state index contributed by atoms with van der Waals surface area (Å²) in [5.74, 6) is -1.64. The van der Waals surface area contributed by atoms with Crippen LogP contribution in [0.15, 0.2) is 58.6 Å². The summed E-state index contributed by atoms with van der Waals surface area (Å²) in [4.78, 5) is 38.5. The van der Waals surface area contributed by atoms with Crippen LogP contribution in [0.25, 0.3) is 5.76 Å². The highest BCUT2D eigenvalue weighted by molar-refractivity contribution is 9.10. The van der Waals surface area contributed by atoms with Crippen LogP contribution in [0.2, 0.25) is 0 Å². The third-order valence-corrected chi connectivity index (χ3v) is 8.36. The van der Waals surface area contributed by atoms with Crippen molar-refractivity contribution in [3.8, 4) is 0 Å². The quantitative estimate of drug-likeness (QED) is 0.0443. The van der Waals surface area contributed by atoms with Crippen LogP contribution in [0.4, 0.5) is 5.69 Å². The Balaban J connectivity index is 1.58. The minimum atomic E-state index is -0.804. The number of Topliss-reactive ketones (excluding diaryl/α,β-unsaturated/α-hetero) is 1. The molecular weight excluding hydrogens is 584 g/mol. The monoisotopic (exact) mass is 626 g/mol. The zero-order chi connectivity index (χ0) is 29.6. The summed E-state index contributed by atoms with van der Waals surface area (Å²) < 4.78 is 0.819. The Morgan fingerprint density at radius 2 is 1.29 bits per heavy atom. The van der Waals surface area contributed by atoms with E-state index in [2.05, 4.69) is 22.9 Å². The number of carbonyl (C=O) groups excluding carboxylic acids is 2. The summed E-state index contributed by atoms with van der Waals surface area (Å²) in [6.07, 6.45) is 17.1. The SMILES string of the molecule is CCCCCCCCCCCCCCCCN1C(=O)C(=O)C(=C(O)c2ccc(Br)cc2)C1c1ccc([N+](=O)[O-])cc1. The molecule has 0 radical (unpaired) electrons. The summed E-state index contributed by atoms with van der Waals surface area (Å²) in [5, 5.41) is 22.3. The number of aliphatic hydroxyl groups is 1. The first-order valence-corrected chi connectivity index (χ1v) is 15.9. The number of hydrogen-bond acceptors (Lipinski definition) is 5. The van der Waals surface area contributed by atoms with E-state index in [1.807, 2.05) is 0 Å². The van der Waals surface area contributed by atoms with Gasteiger partial charge in [-0.3, -0.25) is 19.7 Å². The number of ketones is 1. The van der Waals surface area contributed by atoms with Gasteiger partial charge >= 0.3 is 0 Å². The maximum Gasteiger partial charge on any atom is 0.295 e. The zero-order valence-electron chi connectivity index (χ0n) is 24.2. The van der Waals surface area contributed by atoms with Crippen LogP contribution in [-0.2, 0) is 9.59 Å². The Kier molecular flexibility index (Phi) is 13.5. The molecule has 1 unspecified atom stereocenters. The predicted molar refractivity (Wildman–Crippen MR) is 167 cm³/mol. The summed E-state index contributed by atoms with van der Waals surface area (Å²) in [7, 11) is 0. The average Bonchev–Trinajstić information content (AvgIpc) is 3.22. The number of likely N-dealkylation sites (tertiary alicyclic amines) is 1. The molecule has 0 spiro atoms. The normalized spacial score (nSPS) is 16.4. The van der Waals surface area contributed by atoms with Crippen LogP contribution in [0, 0.1) is 10.1 Å². The summed E-state index contributed by atoms with van der Waals surface area (Å²) >= 11 is 3.37. The van der Waals surface area contributed by atoms with E-state index < -0.39 is 22.7 Å². The van der Waals surface area contributed by atoms with Crippen molar-refractivity contribution in [2.24, 2.45) is 0 Å². The van der Waals surface area contributed by atoms with Crippen LogP contribution < -0.4 is 0 Å². The second-order valence-electron chi connectivity index (χ2n) is 10.9. The van der Waals surface area contributed by atoms with Gasteiger partial charge in [-0.15, -0.1) is 0 Å². The van der Waals surface area contributed by atoms with Gasteiger partial charge in [0.25, 0.3) is 17.4 Å². The summed E-state index contributed by atoms with van der Waals surface area (Å²) in [5.41, 5.74) is 0.913. The van der Waals surface area contributed by atoms with Crippen molar-refractivity contribution < 1.29 is 19.6 Å². The number of nitro groups is 1. The van der Waals surface area contributed by atoms with Crippen LogP contribution in [0.1, 0.15) is 114 Å². The minimum Gasteiger partial charge on any atom is -0.507 e. The molecule has 1 heterocycles. The highest BCUT2D eigenvalue weighted by Crippen LogP contribution is 2.40. The van der Waals surface area contributed by atoms with E-state index >= 15 is 0 Å². The molecule has 1 aliphatic rings.